The Morgan fingerprint density at radius 1 is 0.643 bits per heavy atom. The molecule has 2 aromatic carbocycles. The summed E-state index contributed by atoms with van der Waals surface area (Å²) < 4.78 is 10.4. The number of ether oxygens (including phenoxy) is 2. The van der Waals surface area contributed by atoms with Gasteiger partial charge in [-0.1, -0.05) is 59.2 Å². The minimum Gasteiger partial charge on any atom is -0.504 e. The minimum absolute atomic E-state index is 0.0846. The number of aromatic hydroxyl groups is 2. The Morgan fingerprint density at radius 2 is 1.05 bits per heavy atom. The summed E-state index contributed by atoms with van der Waals surface area (Å²) in [4.78, 5) is 32.6. The van der Waals surface area contributed by atoms with Crippen molar-refractivity contribution in [3.8, 4) is 11.5 Å². The summed E-state index contributed by atoms with van der Waals surface area (Å²) in [5.74, 6) is -0.376. The molecule has 0 spiro atoms. The number of pyridine rings is 2. The second kappa shape index (κ2) is 14.6. The lowest BCUT2D eigenvalue weighted by molar-refractivity contribution is 0.137. The van der Waals surface area contributed by atoms with Crippen molar-refractivity contribution in [1.82, 2.24) is 20.6 Å². The number of hydrogen-bond acceptors (Lipinski definition) is 8. The molecule has 10 nitrogen and oxygen atoms in total. The third kappa shape index (κ3) is 8.10. The maximum atomic E-state index is 12.0. The molecule has 42 heavy (non-hydrogen) atoms. The molecule has 4 aromatic rings. The van der Waals surface area contributed by atoms with E-state index in [0.717, 1.165) is 25.7 Å². The Balaban J connectivity index is 1.07. The Bertz CT molecular complexity index is 1500. The van der Waals surface area contributed by atoms with Crippen molar-refractivity contribution < 1.29 is 29.3 Å². The van der Waals surface area contributed by atoms with Crippen LogP contribution in [0.15, 0.2) is 36.4 Å². The fraction of sp³-hybridized carbons (Fsp3) is 0.286. The third-order valence-electron chi connectivity index (χ3n) is 6.17. The quantitative estimate of drug-likeness (QED) is 0.122. The molecule has 2 heterocycles. The molecular weight excluding hydrogens is 630 g/mol. The van der Waals surface area contributed by atoms with Crippen LogP contribution in [0.25, 0.3) is 21.8 Å². The number of rotatable bonds is 11. The van der Waals surface area contributed by atoms with Gasteiger partial charge in [-0.3, -0.25) is 0 Å². The first kappa shape index (κ1) is 31.5. The summed E-state index contributed by atoms with van der Waals surface area (Å²) in [5.41, 5.74) is 1.33. The van der Waals surface area contributed by atoms with E-state index in [2.05, 4.69) is 20.6 Å². The predicted octanol–water partition coefficient (Wildman–Crippen LogP) is 7.52. The number of nitrogens with one attached hydrogen (secondary N) is 2. The van der Waals surface area contributed by atoms with Crippen LogP contribution < -0.4 is 10.6 Å². The Morgan fingerprint density at radius 3 is 1.45 bits per heavy atom. The number of unbranched alkanes of at least 4 members (excludes halogenated alkanes) is 3. The van der Waals surface area contributed by atoms with Crippen molar-refractivity contribution in [2.24, 2.45) is 0 Å². The summed E-state index contributed by atoms with van der Waals surface area (Å²) in [5, 5.41) is 27.6. The van der Waals surface area contributed by atoms with Crippen LogP contribution in [0.4, 0.5) is 9.59 Å². The monoisotopic (exact) mass is 654 g/mol. The highest BCUT2D eigenvalue weighted by molar-refractivity contribution is 6.40. The van der Waals surface area contributed by atoms with E-state index in [0.29, 0.717) is 45.3 Å². The maximum absolute atomic E-state index is 12.0. The van der Waals surface area contributed by atoms with Gasteiger partial charge in [0.05, 0.1) is 31.5 Å². The lowest BCUT2D eigenvalue weighted by Gasteiger charge is -2.10. The third-order valence-corrected chi connectivity index (χ3v) is 7.37. The van der Waals surface area contributed by atoms with Crippen LogP contribution in [0.2, 0.25) is 20.1 Å². The van der Waals surface area contributed by atoms with Gasteiger partial charge in [-0.15, -0.1) is 0 Å². The van der Waals surface area contributed by atoms with Gasteiger partial charge in [-0.05, 0) is 49.2 Å². The number of aromatic nitrogens is 2. The number of carbonyl (C=O) groups excluding carboxylic acids is 2. The largest absolute Gasteiger partial charge is 0.504 e. The molecule has 0 fully saturated rings. The Labute approximate surface area is 260 Å². The van der Waals surface area contributed by atoms with Gasteiger partial charge in [0, 0.05) is 23.9 Å². The number of carbonyl (C=O) groups is 2. The number of hydrogen-bond donors (Lipinski definition) is 4. The smallest absolute Gasteiger partial charge is 0.407 e. The van der Waals surface area contributed by atoms with Crippen LogP contribution in [-0.4, -0.2) is 45.5 Å². The first-order valence-corrected chi connectivity index (χ1v) is 14.4. The van der Waals surface area contributed by atoms with Gasteiger partial charge in [0.15, 0.2) is 11.5 Å². The summed E-state index contributed by atoms with van der Waals surface area (Å²) in [6, 6.07) is 9.52. The molecule has 0 aliphatic carbocycles. The van der Waals surface area contributed by atoms with Crippen molar-refractivity contribution >= 4 is 80.4 Å². The molecule has 2 aromatic heterocycles. The number of alkyl carbamates (subject to hydrolysis) is 2. The second-order valence-electron chi connectivity index (χ2n) is 9.20. The number of phenols is 2. The van der Waals surface area contributed by atoms with Crippen molar-refractivity contribution in [1.29, 1.82) is 0 Å². The zero-order chi connectivity index (χ0) is 30.2. The number of halogens is 4. The number of phenolic OH excluding ortho intramolecular Hbond substituents is 2. The summed E-state index contributed by atoms with van der Waals surface area (Å²) in [6.07, 6.45) is 1.95. The first-order valence-electron chi connectivity index (χ1n) is 12.9. The molecule has 0 aliphatic heterocycles. The van der Waals surface area contributed by atoms with E-state index in [4.69, 9.17) is 55.9 Å². The van der Waals surface area contributed by atoms with Gasteiger partial charge >= 0.3 is 12.2 Å². The van der Waals surface area contributed by atoms with Crippen molar-refractivity contribution in [2.75, 3.05) is 13.1 Å². The molecule has 0 unspecified atom stereocenters. The summed E-state index contributed by atoms with van der Waals surface area (Å²) >= 11 is 24.2. The molecule has 0 atom stereocenters. The van der Waals surface area contributed by atoms with E-state index in [9.17, 15) is 19.8 Å². The maximum Gasteiger partial charge on any atom is 0.407 e. The molecule has 222 valence electrons. The number of nitrogens with zero attached hydrogens (tertiary/aromatic N) is 2. The average molecular weight is 656 g/mol. The number of benzene rings is 2. The van der Waals surface area contributed by atoms with Crippen LogP contribution in [0.5, 0.6) is 11.5 Å². The molecule has 0 saturated heterocycles. The van der Waals surface area contributed by atoms with Crippen molar-refractivity contribution in [2.45, 2.75) is 38.9 Å². The molecular formula is C28H26Cl4N4O6. The molecule has 14 heteroatoms. The zero-order valence-corrected chi connectivity index (χ0v) is 25.1. The number of fused-ring (bicyclic) bond motifs is 2. The van der Waals surface area contributed by atoms with Gasteiger partial charge in [0.2, 0.25) is 0 Å². The highest BCUT2D eigenvalue weighted by Crippen LogP contribution is 2.37. The Kier molecular flexibility index (Phi) is 11.0. The molecule has 0 bridgehead atoms. The van der Waals surface area contributed by atoms with Crippen LogP contribution in [0.3, 0.4) is 0 Å². The van der Waals surface area contributed by atoms with Crippen molar-refractivity contribution in [3.05, 3.63) is 67.9 Å². The number of amides is 2. The predicted molar refractivity (Wildman–Crippen MR) is 162 cm³/mol. The molecule has 0 radical (unpaired) electrons. The van der Waals surface area contributed by atoms with E-state index in [1.54, 1.807) is 24.3 Å². The summed E-state index contributed by atoms with van der Waals surface area (Å²) in [7, 11) is 0. The molecule has 0 saturated carbocycles. The van der Waals surface area contributed by atoms with Crippen LogP contribution in [-0.2, 0) is 22.7 Å². The van der Waals surface area contributed by atoms with Crippen molar-refractivity contribution in [3.63, 3.8) is 0 Å². The molecule has 4 rings (SSSR count). The highest BCUT2D eigenvalue weighted by atomic mass is 35.5. The topological polar surface area (TPSA) is 143 Å². The first-order chi connectivity index (χ1) is 20.1. The van der Waals surface area contributed by atoms with E-state index in [1.807, 2.05) is 0 Å². The van der Waals surface area contributed by atoms with E-state index < -0.39 is 12.2 Å². The standard InChI is InChI=1S/C28H26Cl4N4O6/c29-19-11-21(31)25(37)23-17(19)7-5-15(35-23)13-41-27(39)33-9-3-1-2-4-10-34-28(40)42-14-16-6-8-18-20(30)12-22(32)26(38)24(18)36-16/h5-8,11-12,37-38H,1-4,9-10,13-14H2,(H,33,39)(H,34,40). The second-order valence-corrected chi connectivity index (χ2v) is 10.8. The Hall–Kier alpha value is -3.44. The molecule has 2 amide bonds. The van der Waals surface area contributed by atoms with Crippen LogP contribution >= 0.6 is 46.4 Å². The van der Waals surface area contributed by atoms with Crippen LogP contribution in [0, 0.1) is 0 Å². The fourth-order valence-electron chi connectivity index (χ4n) is 4.01. The average Bonchev–Trinajstić information content (AvgIpc) is 2.97. The lowest BCUT2D eigenvalue weighted by atomic mass is 10.2. The van der Waals surface area contributed by atoms with Gasteiger partial charge in [0.1, 0.15) is 24.2 Å². The summed E-state index contributed by atoms with van der Waals surface area (Å²) in [6.45, 7) is 0.677. The fourth-order valence-corrected chi connectivity index (χ4v) is 5.04. The van der Waals surface area contributed by atoms with Gasteiger partial charge in [-0.2, -0.15) is 0 Å². The minimum atomic E-state index is -0.586. The van der Waals surface area contributed by atoms with Crippen LogP contribution in [0.1, 0.15) is 37.1 Å². The van der Waals surface area contributed by atoms with Gasteiger partial charge in [-0.25, -0.2) is 19.6 Å². The lowest BCUT2D eigenvalue weighted by Crippen LogP contribution is -2.26. The van der Waals surface area contributed by atoms with Gasteiger partial charge < -0.3 is 30.3 Å². The normalized spacial score (nSPS) is 11.0. The van der Waals surface area contributed by atoms with E-state index in [-0.39, 0.29) is 45.8 Å². The van der Waals surface area contributed by atoms with E-state index in [1.165, 1.54) is 12.1 Å². The zero-order valence-electron chi connectivity index (χ0n) is 22.1. The SMILES string of the molecule is O=C(NCCCCCCNC(=O)OCc1ccc2c(Cl)cc(Cl)c(O)c2n1)OCc1ccc2c(Cl)cc(Cl)c(O)c2n1. The molecule has 0 aliphatic rings. The van der Waals surface area contributed by atoms with Gasteiger partial charge in [0.25, 0.3) is 0 Å². The molecule has 4 N–H and O–H groups in total. The van der Waals surface area contributed by atoms with E-state index >= 15 is 0 Å². The highest BCUT2D eigenvalue weighted by Gasteiger charge is 2.14.